The molecular weight excluding hydrogens is 410 g/mol. The predicted octanol–water partition coefficient (Wildman–Crippen LogP) is 7.11. The average molecular weight is 442 g/mol. The molecule has 2 aromatic heterocycles. The lowest BCUT2D eigenvalue weighted by Gasteiger charge is -2.32. The summed E-state index contributed by atoms with van der Waals surface area (Å²) in [6.45, 7) is 7.74. The van der Waals surface area contributed by atoms with Crippen LogP contribution in [-0.2, 0) is 6.54 Å². The number of aromatic amines is 1. The van der Waals surface area contributed by atoms with Gasteiger partial charge in [-0.15, -0.1) is 11.8 Å². The summed E-state index contributed by atoms with van der Waals surface area (Å²) in [4.78, 5) is 12.0. The molecule has 1 fully saturated rings. The van der Waals surface area contributed by atoms with Gasteiger partial charge in [-0.3, -0.25) is 4.90 Å². The molecule has 4 heteroatoms. The number of nitrogens with zero attached hydrogens (tertiary/aromatic N) is 2. The van der Waals surface area contributed by atoms with Crippen LogP contribution in [0.25, 0.3) is 22.2 Å². The SMILES string of the molecule is CC(C)Sc1ccc(-c2cnc3[nH]cc(CN4CCC(c5ccccc5)CC4)c3c2)cc1. The number of fused-ring (bicyclic) bond motifs is 1. The van der Waals surface area contributed by atoms with E-state index < -0.39 is 0 Å². The number of hydrogen-bond donors (Lipinski definition) is 1. The summed E-state index contributed by atoms with van der Waals surface area (Å²) in [5.41, 5.74) is 6.23. The lowest BCUT2D eigenvalue weighted by molar-refractivity contribution is 0.205. The number of aromatic nitrogens is 2. The molecule has 164 valence electrons. The molecule has 0 unspecified atom stereocenters. The maximum atomic E-state index is 4.71. The van der Waals surface area contributed by atoms with E-state index in [1.54, 1.807) is 0 Å². The molecule has 1 aliphatic heterocycles. The van der Waals surface area contributed by atoms with Gasteiger partial charge in [0.1, 0.15) is 5.65 Å². The van der Waals surface area contributed by atoms with E-state index in [1.807, 2.05) is 18.0 Å². The Labute approximate surface area is 195 Å². The molecule has 4 aromatic rings. The van der Waals surface area contributed by atoms with E-state index >= 15 is 0 Å². The molecular formula is C28H31N3S. The Morgan fingerprint density at radius 1 is 1.00 bits per heavy atom. The second kappa shape index (κ2) is 9.51. The minimum atomic E-state index is 0.596. The Morgan fingerprint density at radius 3 is 2.47 bits per heavy atom. The molecule has 0 atom stereocenters. The first-order valence-corrected chi connectivity index (χ1v) is 12.5. The summed E-state index contributed by atoms with van der Waals surface area (Å²) in [6.07, 6.45) is 6.60. The standard InChI is InChI=1S/C28H31N3S/c1-20(2)32-26-10-8-22(9-11-26)24-16-27-25(18-30-28(27)29-17-24)19-31-14-12-23(13-15-31)21-6-4-3-5-7-21/h3-11,16-18,20,23H,12-15,19H2,1-2H3,(H,29,30). The van der Waals surface area contributed by atoms with Crippen LogP contribution >= 0.6 is 11.8 Å². The molecule has 32 heavy (non-hydrogen) atoms. The lowest BCUT2D eigenvalue weighted by Crippen LogP contribution is -2.32. The van der Waals surface area contributed by atoms with Crippen molar-refractivity contribution in [2.75, 3.05) is 13.1 Å². The third kappa shape index (κ3) is 4.77. The van der Waals surface area contributed by atoms with Crippen LogP contribution in [0.15, 0.2) is 78.0 Å². The predicted molar refractivity (Wildman–Crippen MR) is 136 cm³/mol. The van der Waals surface area contributed by atoms with Crippen LogP contribution in [0.4, 0.5) is 0 Å². The van der Waals surface area contributed by atoms with Crippen LogP contribution in [0.5, 0.6) is 0 Å². The molecule has 0 spiro atoms. The van der Waals surface area contributed by atoms with Crippen molar-refractivity contribution in [3.8, 4) is 11.1 Å². The number of likely N-dealkylation sites (tertiary alicyclic amines) is 1. The molecule has 3 nitrogen and oxygen atoms in total. The summed E-state index contributed by atoms with van der Waals surface area (Å²) in [5, 5.41) is 1.84. The van der Waals surface area contributed by atoms with E-state index in [9.17, 15) is 0 Å². The van der Waals surface area contributed by atoms with Crippen molar-refractivity contribution in [3.63, 3.8) is 0 Å². The quantitative estimate of drug-likeness (QED) is 0.324. The second-order valence-corrected chi connectivity index (χ2v) is 10.7. The van der Waals surface area contributed by atoms with Crippen LogP contribution in [-0.4, -0.2) is 33.2 Å². The van der Waals surface area contributed by atoms with Gasteiger partial charge in [-0.05, 0) is 66.7 Å². The Bertz CT molecular complexity index is 1160. The number of piperidine rings is 1. The van der Waals surface area contributed by atoms with Gasteiger partial charge in [0.15, 0.2) is 0 Å². The first kappa shape index (κ1) is 21.3. The second-order valence-electron chi connectivity index (χ2n) is 9.09. The zero-order valence-corrected chi connectivity index (χ0v) is 19.7. The Hall–Kier alpha value is -2.56. The first-order chi connectivity index (χ1) is 15.7. The van der Waals surface area contributed by atoms with Gasteiger partial charge in [-0.1, -0.05) is 56.3 Å². The molecule has 0 amide bonds. The van der Waals surface area contributed by atoms with Gasteiger partial charge in [-0.2, -0.15) is 0 Å². The highest BCUT2D eigenvalue weighted by Crippen LogP contribution is 2.31. The van der Waals surface area contributed by atoms with E-state index in [0.29, 0.717) is 11.2 Å². The number of rotatable bonds is 6. The largest absolute Gasteiger partial charge is 0.346 e. The van der Waals surface area contributed by atoms with Crippen molar-refractivity contribution in [1.82, 2.24) is 14.9 Å². The van der Waals surface area contributed by atoms with E-state index in [-0.39, 0.29) is 0 Å². The normalized spacial score (nSPS) is 15.6. The van der Waals surface area contributed by atoms with Crippen molar-refractivity contribution in [3.05, 3.63) is 84.2 Å². The van der Waals surface area contributed by atoms with Crippen LogP contribution in [0.2, 0.25) is 0 Å². The number of benzene rings is 2. The Morgan fingerprint density at radius 2 is 1.75 bits per heavy atom. The van der Waals surface area contributed by atoms with Gasteiger partial charge in [0.2, 0.25) is 0 Å². The molecule has 1 N–H and O–H groups in total. The van der Waals surface area contributed by atoms with Gasteiger partial charge in [-0.25, -0.2) is 4.98 Å². The highest BCUT2D eigenvalue weighted by Gasteiger charge is 2.21. The first-order valence-electron chi connectivity index (χ1n) is 11.7. The summed E-state index contributed by atoms with van der Waals surface area (Å²) < 4.78 is 0. The fourth-order valence-corrected chi connectivity index (χ4v) is 5.57. The number of nitrogens with one attached hydrogen (secondary N) is 1. The van der Waals surface area contributed by atoms with E-state index in [1.165, 1.54) is 45.4 Å². The minimum absolute atomic E-state index is 0.596. The van der Waals surface area contributed by atoms with Crippen LogP contribution in [0.3, 0.4) is 0 Å². The molecule has 0 radical (unpaired) electrons. The highest BCUT2D eigenvalue weighted by molar-refractivity contribution is 7.99. The minimum Gasteiger partial charge on any atom is -0.346 e. The van der Waals surface area contributed by atoms with Crippen LogP contribution < -0.4 is 0 Å². The average Bonchev–Trinajstić information content (AvgIpc) is 3.22. The monoisotopic (exact) mass is 441 g/mol. The number of pyridine rings is 1. The van der Waals surface area contributed by atoms with Crippen molar-refractivity contribution in [1.29, 1.82) is 0 Å². The van der Waals surface area contributed by atoms with Gasteiger partial charge in [0.05, 0.1) is 0 Å². The highest BCUT2D eigenvalue weighted by atomic mass is 32.2. The van der Waals surface area contributed by atoms with Crippen molar-refractivity contribution in [2.45, 2.75) is 49.3 Å². The molecule has 1 aliphatic rings. The zero-order chi connectivity index (χ0) is 21.9. The molecule has 1 saturated heterocycles. The van der Waals surface area contributed by atoms with Crippen LogP contribution in [0, 0.1) is 0 Å². The maximum absolute atomic E-state index is 4.71. The van der Waals surface area contributed by atoms with Gasteiger partial charge < -0.3 is 4.98 Å². The lowest BCUT2D eigenvalue weighted by atomic mass is 9.89. The summed E-state index contributed by atoms with van der Waals surface area (Å²) >= 11 is 1.90. The summed E-state index contributed by atoms with van der Waals surface area (Å²) in [7, 11) is 0. The topological polar surface area (TPSA) is 31.9 Å². The fourth-order valence-electron chi connectivity index (χ4n) is 4.74. The summed E-state index contributed by atoms with van der Waals surface area (Å²) in [6, 6.07) is 22.2. The Balaban J connectivity index is 1.29. The number of thioether (sulfide) groups is 1. The van der Waals surface area contributed by atoms with Gasteiger partial charge in [0, 0.05) is 40.0 Å². The fraction of sp³-hybridized carbons (Fsp3) is 0.321. The maximum Gasteiger partial charge on any atom is 0.137 e. The molecule has 5 rings (SSSR count). The van der Waals surface area contributed by atoms with E-state index in [0.717, 1.165) is 25.3 Å². The van der Waals surface area contributed by atoms with Crippen molar-refractivity contribution >= 4 is 22.8 Å². The molecule has 0 saturated carbocycles. The van der Waals surface area contributed by atoms with Crippen molar-refractivity contribution in [2.24, 2.45) is 0 Å². The molecule has 0 bridgehead atoms. The Kier molecular flexibility index (Phi) is 6.33. The van der Waals surface area contributed by atoms with Gasteiger partial charge in [0.25, 0.3) is 0 Å². The molecule has 0 aliphatic carbocycles. The van der Waals surface area contributed by atoms with Crippen molar-refractivity contribution < 1.29 is 0 Å². The molecule has 2 aromatic carbocycles. The van der Waals surface area contributed by atoms with E-state index in [2.05, 4.69) is 90.6 Å². The number of H-pyrrole nitrogens is 1. The smallest absolute Gasteiger partial charge is 0.137 e. The third-order valence-electron chi connectivity index (χ3n) is 6.43. The van der Waals surface area contributed by atoms with Gasteiger partial charge >= 0.3 is 0 Å². The third-order valence-corrected chi connectivity index (χ3v) is 7.44. The molecule has 3 heterocycles. The number of hydrogen-bond acceptors (Lipinski definition) is 3. The van der Waals surface area contributed by atoms with E-state index in [4.69, 9.17) is 4.98 Å². The summed E-state index contributed by atoms with van der Waals surface area (Å²) in [5.74, 6) is 0.695. The van der Waals surface area contributed by atoms with Crippen LogP contribution in [0.1, 0.15) is 43.7 Å². The zero-order valence-electron chi connectivity index (χ0n) is 18.9.